The Labute approximate surface area is 101 Å². The first-order valence-corrected chi connectivity index (χ1v) is 5.41. The van der Waals surface area contributed by atoms with E-state index >= 15 is 0 Å². The molecule has 1 aromatic heterocycles. The van der Waals surface area contributed by atoms with E-state index in [1.807, 2.05) is 0 Å². The minimum Gasteiger partial charge on any atom is -0.469 e. The number of aryl methyl sites for hydroxylation is 1. The largest absolute Gasteiger partial charge is 0.469 e. The van der Waals surface area contributed by atoms with Gasteiger partial charge in [0.15, 0.2) is 0 Å². The Morgan fingerprint density at radius 2 is 2.22 bits per heavy atom. The molecule has 0 saturated heterocycles. The number of aromatic nitrogens is 2. The lowest BCUT2D eigenvalue weighted by atomic mass is 9.87. The van der Waals surface area contributed by atoms with Crippen molar-refractivity contribution in [2.45, 2.75) is 25.4 Å². The minimum absolute atomic E-state index is 0.317. The molecule has 1 aliphatic rings. The van der Waals surface area contributed by atoms with Crippen LogP contribution in [0.4, 0.5) is 13.2 Å². The number of alkyl halides is 3. The first-order chi connectivity index (χ1) is 8.41. The quantitative estimate of drug-likeness (QED) is 0.722. The molecule has 0 saturated carbocycles. The van der Waals surface area contributed by atoms with E-state index in [-0.39, 0.29) is 11.9 Å². The van der Waals surface area contributed by atoms with Crippen LogP contribution >= 0.6 is 0 Å². The van der Waals surface area contributed by atoms with Crippen molar-refractivity contribution in [3.05, 3.63) is 23.3 Å². The lowest BCUT2D eigenvalue weighted by Crippen LogP contribution is -2.25. The summed E-state index contributed by atoms with van der Waals surface area (Å²) in [5.74, 6) is -1.79. The molecule has 0 N–H and O–H groups in total. The monoisotopic (exact) mass is 260 g/mol. The Morgan fingerprint density at radius 1 is 1.50 bits per heavy atom. The van der Waals surface area contributed by atoms with Crippen LogP contribution < -0.4 is 0 Å². The molecule has 2 rings (SSSR count). The van der Waals surface area contributed by atoms with Gasteiger partial charge in [0.1, 0.15) is 0 Å². The maximum Gasteiger partial charge on any atom is 0.451 e. The lowest BCUT2D eigenvalue weighted by molar-refractivity contribution is -0.147. The predicted molar refractivity (Wildman–Crippen MR) is 54.6 cm³/mol. The van der Waals surface area contributed by atoms with E-state index < -0.39 is 12.0 Å². The van der Waals surface area contributed by atoms with Crippen LogP contribution in [-0.2, 0) is 28.5 Å². The number of fused-ring (bicyclic) bond motifs is 1. The number of hydrogen-bond acceptors (Lipinski definition) is 4. The Hall–Kier alpha value is -1.66. The third-order valence-electron chi connectivity index (χ3n) is 2.94. The van der Waals surface area contributed by atoms with Crippen LogP contribution in [0.25, 0.3) is 0 Å². The summed E-state index contributed by atoms with van der Waals surface area (Å²) in [5.41, 5.74) is 0.960. The van der Waals surface area contributed by atoms with E-state index in [1.165, 1.54) is 7.11 Å². The highest BCUT2D eigenvalue weighted by molar-refractivity contribution is 5.73. The molecule has 0 aromatic carbocycles. The molecule has 7 heteroatoms. The zero-order valence-electron chi connectivity index (χ0n) is 9.62. The van der Waals surface area contributed by atoms with Gasteiger partial charge >= 0.3 is 12.1 Å². The molecule has 98 valence electrons. The second-order valence-corrected chi connectivity index (χ2v) is 4.13. The lowest BCUT2D eigenvalue weighted by Gasteiger charge is -2.22. The summed E-state index contributed by atoms with van der Waals surface area (Å²) in [7, 11) is 1.29. The van der Waals surface area contributed by atoms with Crippen LogP contribution in [0.3, 0.4) is 0 Å². The molecule has 4 nitrogen and oxygen atoms in total. The Balaban J connectivity index is 2.24. The van der Waals surface area contributed by atoms with Gasteiger partial charge in [-0.05, 0) is 24.8 Å². The third-order valence-corrected chi connectivity index (χ3v) is 2.94. The first-order valence-electron chi connectivity index (χ1n) is 5.41. The molecule has 1 aliphatic carbocycles. The topological polar surface area (TPSA) is 52.1 Å². The summed E-state index contributed by atoms with van der Waals surface area (Å²) in [4.78, 5) is 18.2. The number of nitrogens with zero attached hydrogens (tertiary/aromatic N) is 2. The molecular weight excluding hydrogens is 249 g/mol. The van der Waals surface area contributed by atoms with E-state index in [0.29, 0.717) is 30.5 Å². The maximum absolute atomic E-state index is 12.4. The Bertz CT molecular complexity index is 474. The van der Waals surface area contributed by atoms with Gasteiger partial charge in [0.2, 0.25) is 5.82 Å². The molecule has 0 amide bonds. The first kappa shape index (κ1) is 12.8. The van der Waals surface area contributed by atoms with Gasteiger partial charge in [0.25, 0.3) is 0 Å². The maximum atomic E-state index is 12.4. The number of halogens is 3. The van der Waals surface area contributed by atoms with Crippen molar-refractivity contribution in [2.75, 3.05) is 7.11 Å². The summed E-state index contributed by atoms with van der Waals surface area (Å²) in [6.07, 6.45) is -2.26. The molecule has 1 aromatic rings. The van der Waals surface area contributed by atoms with Gasteiger partial charge < -0.3 is 4.74 Å². The van der Waals surface area contributed by atoms with Crippen LogP contribution in [0.2, 0.25) is 0 Å². The molecular formula is C11H11F3N2O2. The number of esters is 1. The number of carbonyl (C=O) groups is 1. The number of ether oxygens (including phenoxy) is 1. The molecule has 1 heterocycles. The van der Waals surface area contributed by atoms with E-state index in [1.54, 1.807) is 0 Å². The molecule has 0 bridgehead atoms. The van der Waals surface area contributed by atoms with Gasteiger partial charge in [-0.25, -0.2) is 9.97 Å². The SMILES string of the molecule is COC(=O)C1CCc2nc(C(F)(F)F)ncc2C1. The average molecular weight is 260 g/mol. The summed E-state index contributed by atoms with van der Waals surface area (Å²) < 4.78 is 41.9. The summed E-state index contributed by atoms with van der Waals surface area (Å²) in [6, 6.07) is 0. The van der Waals surface area contributed by atoms with Gasteiger partial charge in [-0.15, -0.1) is 0 Å². The Kier molecular flexibility index (Phi) is 3.23. The molecule has 0 fully saturated rings. The molecule has 0 aliphatic heterocycles. The van der Waals surface area contributed by atoms with Crippen molar-refractivity contribution in [1.29, 1.82) is 0 Å². The molecule has 1 atom stereocenters. The minimum atomic E-state index is -4.53. The number of carbonyl (C=O) groups excluding carboxylic acids is 1. The smallest absolute Gasteiger partial charge is 0.451 e. The van der Waals surface area contributed by atoms with E-state index in [0.717, 1.165) is 6.20 Å². The second-order valence-electron chi connectivity index (χ2n) is 4.13. The zero-order valence-corrected chi connectivity index (χ0v) is 9.62. The van der Waals surface area contributed by atoms with Crippen molar-refractivity contribution in [2.24, 2.45) is 5.92 Å². The van der Waals surface area contributed by atoms with Crippen LogP contribution in [-0.4, -0.2) is 23.0 Å². The molecule has 0 radical (unpaired) electrons. The highest BCUT2D eigenvalue weighted by atomic mass is 19.4. The van der Waals surface area contributed by atoms with Crippen LogP contribution in [0, 0.1) is 5.92 Å². The standard InChI is InChI=1S/C11H11F3N2O2/c1-18-9(17)6-2-3-8-7(4-6)5-15-10(16-8)11(12,13)14/h5-6H,2-4H2,1H3. The van der Waals surface area contributed by atoms with Gasteiger partial charge in [0, 0.05) is 11.9 Å². The normalized spacial score (nSPS) is 19.2. The van der Waals surface area contributed by atoms with Crippen LogP contribution in [0.5, 0.6) is 0 Å². The summed E-state index contributed by atoms with van der Waals surface area (Å²) in [5, 5.41) is 0. The van der Waals surface area contributed by atoms with E-state index in [9.17, 15) is 18.0 Å². The molecule has 0 spiro atoms. The summed E-state index contributed by atoms with van der Waals surface area (Å²) >= 11 is 0. The molecule has 18 heavy (non-hydrogen) atoms. The van der Waals surface area contributed by atoms with Crippen molar-refractivity contribution >= 4 is 5.97 Å². The van der Waals surface area contributed by atoms with Gasteiger partial charge in [-0.2, -0.15) is 13.2 Å². The fourth-order valence-electron chi connectivity index (χ4n) is 2.01. The highest BCUT2D eigenvalue weighted by Gasteiger charge is 2.36. The van der Waals surface area contributed by atoms with Crippen molar-refractivity contribution < 1.29 is 22.7 Å². The predicted octanol–water partition coefficient (Wildman–Crippen LogP) is 1.77. The van der Waals surface area contributed by atoms with Crippen LogP contribution in [0.15, 0.2) is 6.20 Å². The van der Waals surface area contributed by atoms with Crippen molar-refractivity contribution in [1.82, 2.24) is 9.97 Å². The summed E-state index contributed by atoms with van der Waals surface area (Å²) in [6.45, 7) is 0. The zero-order chi connectivity index (χ0) is 13.3. The second kappa shape index (κ2) is 4.55. The number of rotatable bonds is 1. The van der Waals surface area contributed by atoms with Crippen LogP contribution in [0.1, 0.15) is 23.5 Å². The fourth-order valence-corrected chi connectivity index (χ4v) is 2.01. The van der Waals surface area contributed by atoms with E-state index in [4.69, 9.17) is 0 Å². The average Bonchev–Trinajstić information content (AvgIpc) is 2.35. The van der Waals surface area contributed by atoms with Gasteiger partial charge in [-0.1, -0.05) is 0 Å². The van der Waals surface area contributed by atoms with Crippen molar-refractivity contribution in [3.63, 3.8) is 0 Å². The van der Waals surface area contributed by atoms with E-state index in [2.05, 4.69) is 14.7 Å². The number of hydrogen-bond donors (Lipinski definition) is 0. The number of methoxy groups -OCH3 is 1. The molecule has 1 unspecified atom stereocenters. The van der Waals surface area contributed by atoms with Crippen molar-refractivity contribution in [3.8, 4) is 0 Å². The highest BCUT2D eigenvalue weighted by Crippen LogP contribution is 2.29. The third kappa shape index (κ3) is 2.44. The fraction of sp³-hybridized carbons (Fsp3) is 0.545. The Morgan fingerprint density at radius 3 is 2.83 bits per heavy atom. The van der Waals surface area contributed by atoms with Gasteiger partial charge in [-0.3, -0.25) is 4.79 Å². The van der Waals surface area contributed by atoms with Gasteiger partial charge in [0.05, 0.1) is 13.0 Å².